The molecule has 0 spiro atoms. The van der Waals surface area contributed by atoms with E-state index < -0.39 is 0 Å². The molecule has 9 nitrogen and oxygen atoms in total. The van der Waals surface area contributed by atoms with E-state index in [4.69, 9.17) is 9.47 Å². The zero-order valence-electron chi connectivity index (χ0n) is 15.7. The van der Waals surface area contributed by atoms with Crippen molar-refractivity contribution < 1.29 is 14.3 Å². The predicted octanol–water partition coefficient (Wildman–Crippen LogP) is 1.34. The number of fused-ring (bicyclic) bond motifs is 1. The number of hydrogen-bond donors (Lipinski definition) is 1. The SMILES string of the molecule is CN=C(NCc1cc(Br)c2c(c1)OCO2)N1CCN(c2cnn(C)c2)C(=O)C1. The molecule has 10 heteroatoms. The number of halogens is 1. The number of ether oxygens (including phenoxy) is 2. The largest absolute Gasteiger partial charge is 0.454 e. The van der Waals surface area contributed by atoms with Crippen LogP contribution < -0.4 is 19.7 Å². The molecule has 1 N–H and O–H groups in total. The van der Waals surface area contributed by atoms with Crippen LogP contribution in [0.25, 0.3) is 0 Å². The number of carbonyl (C=O) groups is 1. The zero-order chi connectivity index (χ0) is 19.7. The van der Waals surface area contributed by atoms with E-state index in [2.05, 4.69) is 31.3 Å². The Bertz CT molecular complexity index is 928. The van der Waals surface area contributed by atoms with Crippen molar-refractivity contribution in [2.24, 2.45) is 12.0 Å². The molecule has 1 amide bonds. The maximum absolute atomic E-state index is 12.6. The van der Waals surface area contributed by atoms with Gasteiger partial charge in [0.25, 0.3) is 0 Å². The number of hydrogen-bond acceptors (Lipinski definition) is 5. The highest BCUT2D eigenvalue weighted by atomic mass is 79.9. The number of aliphatic imine (C=N–C) groups is 1. The smallest absolute Gasteiger partial charge is 0.246 e. The maximum Gasteiger partial charge on any atom is 0.246 e. The van der Waals surface area contributed by atoms with Crippen molar-refractivity contribution in [3.8, 4) is 11.5 Å². The molecular formula is C18H21BrN6O3. The molecule has 0 atom stereocenters. The minimum absolute atomic E-state index is 0.0213. The van der Waals surface area contributed by atoms with E-state index in [1.807, 2.05) is 30.3 Å². The summed E-state index contributed by atoms with van der Waals surface area (Å²) in [5.41, 5.74) is 1.85. The van der Waals surface area contributed by atoms with Crippen molar-refractivity contribution in [2.45, 2.75) is 6.54 Å². The first-order valence-electron chi connectivity index (χ1n) is 8.88. The van der Waals surface area contributed by atoms with E-state index in [9.17, 15) is 4.79 Å². The molecule has 0 aliphatic carbocycles. The highest BCUT2D eigenvalue weighted by molar-refractivity contribution is 9.10. The van der Waals surface area contributed by atoms with Crippen molar-refractivity contribution >= 4 is 33.5 Å². The topological polar surface area (TPSA) is 84.2 Å². The first-order valence-corrected chi connectivity index (χ1v) is 9.67. The van der Waals surface area contributed by atoms with Crippen LogP contribution in [0, 0.1) is 0 Å². The van der Waals surface area contributed by atoms with Gasteiger partial charge < -0.3 is 24.6 Å². The number of nitrogens with one attached hydrogen (secondary N) is 1. The van der Waals surface area contributed by atoms with Crippen LogP contribution in [0.1, 0.15) is 5.56 Å². The van der Waals surface area contributed by atoms with Crippen LogP contribution in [0.4, 0.5) is 5.69 Å². The predicted molar refractivity (Wildman–Crippen MR) is 108 cm³/mol. The average molecular weight is 449 g/mol. The first kappa shape index (κ1) is 18.6. The summed E-state index contributed by atoms with van der Waals surface area (Å²) in [4.78, 5) is 20.7. The van der Waals surface area contributed by atoms with Gasteiger partial charge in [0, 0.05) is 39.9 Å². The molecule has 2 aliphatic rings. The van der Waals surface area contributed by atoms with Gasteiger partial charge in [-0.05, 0) is 33.6 Å². The Morgan fingerprint density at radius 3 is 2.93 bits per heavy atom. The number of piperazine rings is 1. The lowest BCUT2D eigenvalue weighted by atomic mass is 10.2. The average Bonchev–Trinajstić information content (AvgIpc) is 3.31. The van der Waals surface area contributed by atoms with Crippen LogP contribution in [0.3, 0.4) is 0 Å². The van der Waals surface area contributed by atoms with Crippen molar-refractivity contribution in [3.63, 3.8) is 0 Å². The van der Waals surface area contributed by atoms with Crippen LogP contribution in [-0.2, 0) is 18.4 Å². The van der Waals surface area contributed by atoms with Crippen LogP contribution in [0.15, 0.2) is 34.0 Å². The second-order valence-electron chi connectivity index (χ2n) is 6.55. The summed E-state index contributed by atoms with van der Waals surface area (Å²) in [6.07, 6.45) is 3.55. The van der Waals surface area contributed by atoms with Gasteiger partial charge in [-0.1, -0.05) is 0 Å². The molecule has 3 heterocycles. The summed E-state index contributed by atoms with van der Waals surface area (Å²) >= 11 is 3.51. The van der Waals surface area contributed by atoms with E-state index in [0.29, 0.717) is 25.6 Å². The number of aryl methyl sites for hydroxylation is 1. The Kier molecular flexibility index (Phi) is 5.12. The molecule has 0 radical (unpaired) electrons. The summed E-state index contributed by atoms with van der Waals surface area (Å²) in [6.45, 7) is 2.32. The number of rotatable bonds is 3. The van der Waals surface area contributed by atoms with E-state index in [0.717, 1.165) is 27.2 Å². The van der Waals surface area contributed by atoms with Gasteiger partial charge in [-0.2, -0.15) is 5.10 Å². The third-order valence-electron chi connectivity index (χ3n) is 4.67. The van der Waals surface area contributed by atoms with Gasteiger partial charge in [-0.25, -0.2) is 0 Å². The molecular weight excluding hydrogens is 428 g/mol. The van der Waals surface area contributed by atoms with Gasteiger partial charge in [0.05, 0.1) is 16.4 Å². The molecule has 2 aliphatic heterocycles. The molecule has 0 unspecified atom stereocenters. The molecule has 4 rings (SSSR count). The quantitative estimate of drug-likeness (QED) is 0.563. The minimum atomic E-state index is 0.0213. The van der Waals surface area contributed by atoms with Gasteiger partial charge in [0.2, 0.25) is 12.7 Å². The van der Waals surface area contributed by atoms with E-state index in [1.165, 1.54) is 0 Å². The van der Waals surface area contributed by atoms with E-state index >= 15 is 0 Å². The second kappa shape index (κ2) is 7.70. The summed E-state index contributed by atoms with van der Waals surface area (Å²) in [5.74, 6) is 2.16. The highest BCUT2D eigenvalue weighted by Gasteiger charge is 2.27. The first-order chi connectivity index (χ1) is 13.5. The van der Waals surface area contributed by atoms with Gasteiger partial charge in [0.15, 0.2) is 17.5 Å². The number of amides is 1. The number of benzene rings is 1. The number of nitrogens with zero attached hydrogens (tertiary/aromatic N) is 5. The van der Waals surface area contributed by atoms with Gasteiger partial charge in [0.1, 0.15) is 6.54 Å². The fourth-order valence-electron chi connectivity index (χ4n) is 3.31. The minimum Gasteiger partial charge on any atom is -0.454 e. The monoisotopic (exact) mass is 448 g/mol. The zero-order valence-corrected chi connectivity index (χ0v) is 17.3. The van der Waals surface area contributed by atoms with E-state index in [-0.39, 0.29) is 19.2 Å². The van der Waals surface area contributed by atoms with Gasteiger partial charge >= 0.3 is 0 Å². The molecule has 1 fully saturated rings. The lowest BCUT2D eigenvalue weighted by Crippen LogP contribution is -2.55. The number of anilines is 1. The van der Waals surface area contributed by atoms with Crippen molar-refractivity contribution in [1.82, 2.24) is 20.0 Å². The Morgan fingerprint density at radius 1 is 1.36 bits per heavy atom. The Morgan fingerprint density at radius 2 is 2.21 bits per heavy atom. The van der Waals surface area contributed by atoms with Crippen LogP contribution in [0.2, 0.25) is 0 Å². The normalized spacial score (nSPS) is 16.7. The van der Waals surface area contributed by atoms with Gasteiger partial charge in [-0.3, -0.25) is 14.5 Å². The van der Waals surface area contributed by atoms with Crippen LogP contribution in [-0.4, -0.2) is 60.0 Å². The van der Waals surface area contributed by atoms with Gasteiger partial charge in [-0.15, -0.1) is 0 Å². The third kappa shape index (κ3) is 3.64. The standard InChI is InChI=1S/C18H21BrN6O3/c1-20-18(21-7-12-5-14(19)17-15(6-12)27-11-28-17)24-3-4-25(16(26)10-24)13-8-22-23(2)9-13/h5-6,8-9H,3-4,7,10-11H2,1-2H3,(H,20,21). The van der Waals surface area contributed by atoms with Crippen molar-refractivity contribution in [1.29, 1.82) is 0 Å². The molecule has 1 aromatic heterocycles. The lowest BCUT2D eigenvalue weighted by Gasteiger charge is -2.35. The molecule has 1 aromatic carbocycles. The fourth-order valence-corrected chi connectivity index (χ4v) is 3.91. The molecule has 28 heavy (non-hydrogen) atoms. The molecule has 2 aromatic rings. The number of guanidine groups is 1. The maximum atomic E-state index is 12.6. The van der Waals surface area contributed by atoms with Crippen molar-refractivity contribution in [2.75, 3.05) is 38.4 Å². The van der Waals surface area contributed by atoms with Crippen molar-refractivity contribution in [3.05, 3.63) is 34.6 Å². The number of carbonyl (C=O) groups excluding carboxylic acids is 1. The Balaban J connectivity index is 1.39. The molecule has 1 saturated heterocycles. The Hall–Kier alpha value is -2.75. The summed E-state index contributed by atoms with van der Waals surface area (Å²) < 4.78 is 13.4. The molecule has 0 bridgehead atoms. The molecule has 148 valence electrons. The fraction of sp³-hybridized carbons (Fsp3) is 0.389. The molecule has 0 saturated carbocycles. The second-order valence-corrected chi connectivity index (χ2v) is 7.41. The van der Waals surface area contributed by atoms with E-state index in [1.54, 1.807) is 22.8 Å². The highest BCUT2D eigenvalue weighted by Crippen LogP contribution is 2.39. The lowest BCUT2D eigenvalue weighted by molar-refractivity contribution is -0.120. The Labute approximate surface area is 171 Å². The third-order valence-corrected chi connectivity index (χ3v) is 5.26. The summed E-state index contributed by atoms with van der Waals surface area (Å²) in [5, 5.41) is 7.47. The van der Waals surface area contributed by atoms with Crippen LogP contribution >= 0.6 is 15.9 Å². The summed E-state index contributed by atoms with van der Waals surface area (Å²) in [7, 11) is 3.56. The number of aromatic nitrogens is 2. The van der Waals surface area contributed by atoms with Crippen LogP contribution in [0.5, 0.6) is 11.5 Å². The summed E-state index contributed by atoms with van der Waals surface area (Å²) in [6, 6.07) is 3.93.